The summed E-state index contributed by atoms with van der Waals surface area (Å²) >= 11 is 0. The largest absolute Gasteiger partial charge is 0.497 e. The van der Waals surface area contributed by atoms with Crippen molar-refractivity contribution in [1.29, 1.82) is 0 Å². The highest BCUT2D eigenvalue weighted by molar-refractivity contribution is 5.81. The highest BCUT2D eigenvalue weighted by Crippen LogP contribution is 2.18. The molecule has 0 amide bonds. The second-order valence-corrected chi connectivity index (χ2v) is 6.76. The molecular weight excluding hydrogens is 376 g/mol. The van der Waals surface area contributed by atoms with Crippen LogP contribution in [0.5, 0.6) is 5.75 Å². The zero-order valence-electron chi connectivity index (χ0n) is 16.9. The number of aromatic nitrogens is 2. The topological polar surface area (TPSA) is 68.5 Å². The number of hydrogen-bond acceptors (Lipinski definition) is 5. The van der Waals surface area contributed by atoms with Crippen LogP contribution in [0, 0.1) is 0 Å². The van der Waals surface area contributed by atoms with Crippen LogP contribution in [0.25, 0.3) is 16.6 Å². The Morgan fingerprint density at radius 3 is 2.63 bits per heavy atom. The van der Waals surface area contributed by atoms with Crippen molar-refractivity contribution in [2.24, 2.45) is 5.10 Å². The summed E-state index contributed by atoms with van der Waals surface area (Å²) in [5.74, 6) is 1.14. The number of rotatable bonds is 6. The summed E-state index contributed by atoms with van der Waals surface area (Å²) < 4.78 is 6.73. The second kappa shape index (κ2) is 8.61. The van der Waals surface area contributed by atoms with Gasteiger partial charge in [0.2, 0.25) is 5.95 Å². The zero-order chi connectivity index (χ0) is 20.9. The highest BCUT2D eigenvalue weighted by atomic mass is 16.5. The number of methoxy groups -OCH3 is 1. The summed E-state index contributed by atoms with van der Waals surface area (Å²) in [6.07, 6.45) is 2.55. The first kappa shape index (κ1) is 19.4. The fraction of sp³-hybridized carbons (Fsp3) is 0.125. The van der Waals surface area contributed by atoms with E-state index in [1.165, 1.54) is 0 Å². The van der Waals surface area contributed by atoms with E-state index in [-0.39, 0.29) is 5.56 Å². The lowest BCUT2D eigenvalue weighted by molar-refractivity contribution is 0.415. The molecule has 30 heavy (non-hydrogen) atoms. The molecule has 4 aromatic rings. The van der Waals surface area contributed by atoms with E-state index in [1.807, 2.05) is 66.7 Å². The Balaban J connectivity index is 1.77. The molecule has 0 bridgehead atoms. The lowest BCUT2D eigenvalue weighted by atomic mass is 10.1. The van der Waals surface area contributed by atoms with Crippen LogP contribution in [0.15, 0.2) is 82.7 Å². The monoisotopic (exact) mass is 398 g/mol. The molecule has 0 fully saturated rings. The van der Waals surface area contributed by atoms with E-state index < -0.39 is 0 Å². The summed E-state index contributed by atoms with van der Waals surface area (Å²) in [6, 6.07) is 22.7. The minimum absolute atomic E-state index is 0.143. The Morgan fingerprint density at radius 2 is 1.87 bits per heavy atom. The average Bonchev–Trinajstić information content (AvgIpc) is 2.80. The van der Waals surface area contributed by atoms with Gasteiger partial charge in [-0.2, -0.15) is 5.10 Å². The summed E-state index contributed by atoms with van der Waals surface area (Å²) in [7, 11) is 1.63. The van der Waals surface area contributed by atoms with Gasteiger partial charge in [0.25, 0.3) is 5.56 Å². The van der Waals surface area contributed by atoms with E-state index in [0.717, 1.165) is 29.0 Å². The van der Waals surface area contributed by atoms with Crippen LogP contribution in [0.2, 0.25) is 0 Å². The van der Waals surface area contributed by atoms with Crippen LogP contribution in [0.4, 0.5) is 5.95 Å². The molecule has 0 aliphatic carbocycles. The van der Waals surface area contributed by atoms with Crippen molar-refractivity contribution in [1.82, 2.24) is 9.55 Å². The number of fused-ring (bicyclic) bond motifs is 1. The molecule has 1 aromatic heterocycles. The summed E-state index contributed by atoms with van der Waals surface area (Å²) in [5.41, 5.74) is 6.21. The molecule has 0 spiro atoms. The van der Waals surface area contributed by atoms with Crippen LogP contribution < -0.4 is 15.7 Å². The van der Waals surface area contributed by atoms with Gasteiger partial charge in [-0.25, -0.2) is 15.0 Å². The molecule has 1 N–H and O–H groups in total. The molecule has 0 saturated carbocycles. The van der Waals surface area contributed by atoms with E-state index in [4.69, 9.17) is 4.74 Å². The predicted molar refractivity (Wildman–Crippen MR) is 121 cm³/mol. The molecule has 0 radical (unpaired) electrons. The molecule has 150 valence electrons. The molecule has 0 aliphatic rings. The quantitative estimate of drug-likeness (QED) is 0.386. The lowest BCUT2D eigenvalue weighted by Gasteiger charge is -2.13. The molecule has 0 saturated heterocycles. The smallest absolute Gasteiger partial charge is 0.267 e. The maximum atomic E-state index is 13.3. The Morgan fingerprint density at radius 1 is 1.07 bits per heavy atom. The van der Waals surface area contributed by atoms with Crippen molar-refractivity contribution >= 4 is 23.1 Å². The van der Waals surface area contributed by atoms with Crippen molar-refractivity contribution in [3.63, 3.8) is 0 Å². The second-order valence-electron chi connectivity index (χ2n) is 6.76. The van der Waals surface area contributed by atoms with Crippen LogP contribution in [0.1, 0.15) is 18.1 Å². The maximum absolute atomic E-state index is 13.3. The van der Waals surface area contributed by atoms with Crippen LogP contribution in [-0.4, -0.2) is 22.9 Å². The number of hydrogen-bond donors (Lipinski definition) is 1. The molecular formula is C24H22N4O2. The van der Waals surface area contributed by atoms with Crippen LogP contribution in [-0.2, 0) is 6.42 Å². The van der Waals surface area contributed by atoms with Crippen molar-refractivity contribution < 1.29 is 4.74 Å². The third-order valence-corrected chi connectivity index (χ3v) is 4.85. The van der Waals surface area contributed by atoms with Gasteiger partial charge in [0.05, 0.1) is 29.9 Å². The van der Waals surface area contributed by atoms with E-state index in [9.17, 15) is 4.79 Å². The van der Waals surface area contributed by atoms with Crippen molar-refractivity contribution in [3.8, 4) is 11.4 Å². The number of anilines is 1. The number of benzene rings is 3. The van der Waals surface area contributed by atoms with Gasteiger partial charge >= 0.3 is 0 Å². The van der Waals surface area contributed by atoms with E-state index in [1.54, 1.807) is 24.0 Å². The minimum atomic E-state index is -0.143. The zero-order valence-corrected chi connectivity index (χ0v) is 16.9. The summed E-state index contributed by atoms with van der Waals surface area (Å²) in [4.78, 5) is 17.9. The van der Waals surface area contributed by atoms with Gasteiger partial charge in [0.1, 0.15) is 5.75 Å². The van der Waals surface area contributed by atoms with Crippen molar-refractivity contribution in [2.45, 2.75) is 13.3 Å². The van der Waals surface area contributed by atoms with E-state index in [2.05, 4.69) is 22.4 Å². The normalized spacial score (nSPS) is 11.1. The van der Waals surface area contributed by atoms with Gasteiger partial charge < -0.3 is 4.74 Å². The predicted octanol–water partition coefficient (Wildman–Crippen LogP) is 4.40. The standard InChI is InChI=1S/C24H22N4O2/c1-3-17-7-6-8-19(15-17)28-23(29)21-9-4-5-10-22(21)26-24(28)27-25-16-18-11-13-20(30-2)14-12-18/h4-16H,3H2,1-2H3,(H,26,27)/b25-16+. The SMILES string of the molecule is CCc1cccc(-n2c(N/N=C/c3ccc(OC)cc3)nc3ccccc3c2=O)c1. The molecule has 0 atom stereocenters. The van der Waals surface area contributed by atoms with Crippen LogP contribution in [0.3, 0.4) is 0 Å². The Bertz CT molecular complexity index is 1260. The molecule has 4 rings (SSSR count). The summed E-state index contributed by atoms with van der Waals surface area (Å²) in [5, 5.41) is 4.87. The van der Waals surface area contributed by atoms with E-state index >= 15 is 0 Å². The molecule has 0 aliphatic heterocycles. The first-order valence-electron chi connectivity index (χ1n) is 9.74. The number of aryl methyl sites for hydroxylation is 1. The molecule has 3 aromatic carbocycles. The fourth-order valence-electron chi connectivity index (χ4n) is 3.22. The first-order valence-corrected chi connectivity index (χ1v) is 9.74. The lowest BCUT2D eigenvalue weighted by Crippen LogP contribution is -2.22. The minimum Gasteiger partial charge on any atom is -0.497 e. The van der Waals surface area contributed by atoms with Gasteiger partial charge in [0.15, 0.2) is 0 Å². The van der Waals surface area contributed by atoms with Gasteiger partial charge in [-0.1, -0.05) is 31.2 Å². The Kier molecular flexibility index (Phi) is 5.57. The highest BCUT2D eigenvalue weighted by Gasteiger charge is 2.12. The Labute approximate surface area is 174 Å². The van der Waals surface area contributed by atoms with Crippen molar-refractivity contribution in [2.75, 3.05) is 12.5 Å². The fourth-order valence-corrected chi connectivity index (χ4v) is 3.22. The van der Waals surface area contributed by atoms with Gasteiger partial charge in [-0.15, -0.1) is 0 Å². The van der Waals surface area contributed by atoms with Crippen molar-refractivity contribution in [3.05, 3.63) is 94.3 Å². The number of hydrazone groups is 1. The van der Waals surface area contributed by atoms with Gasteiger partial charge in [0, 0.05) is 0 Å². The number of nitrogens with zero attached hydrogens (tertiary/aromatic N) is 3. The van der Waals surface area contributed by atoms with Gasteiger partial charge in [-0.3, -0.25) is 4.79 Å². The third kappa shape index (κ3) is 3.93. The average molecular weight is 398 g/mol. The molecule has 0 unspecified atom stereocenters. The number of nitrogens with one attached hydrogen (secondary N) is 1. The maximum Gasteiger partial charge on any atom is 0.267 e. The molecule has 6 heteroatoms. The van der Waals surface area contributed by atoms with Crippen LogP contribution >= 0.6 is 0 Å². The summed E-state index contributed by atoms with van der Waals surface area (Å²) in [6.45, 7) is 2.08. The van der Waals surface area contributed by atoms with Gasteiger partial charge in [-0.05, 0) is 66.1 Å². The Hall–Kier alpha value is -3.93. The molecule has 6 nitrogen and oxygen atoms in total. The third-order valence-electron chi connectivity index (χ3n) is 4.85. The number of para-hydroxylation sites is 1. The van der Waals surface area contributed by atoms with E-state index in [0.29, 0.717) is 16.9 Å². The molecule has 1 heterocycles. The first-order chi connectivity index (χ1) is 14.7. The number of ether oxygens (including phenoxy) is 1.